The molecule has 0 bridgehead atoms. The topological polar surface area (TPSA) is 62.1 Å². The van der Waals surface area contributed by atoms with Crippen LogP contribution in [0, 0.1) is 11.3 Å². The van der Waals surface area contributed by atoms with E-state index >= 15 is 0 Å². The molecule has 152 valence electrons. The second-order valence-corrected chi connectivity index (χ2v) is 6.68. The molecule has 0 aliphatic rings. The van der Waals surface area contributed by atoms with Crippen LogP contribution in [0.5, 0.6) is 5.75 Å². The van der Waals surface area contributed by atoms with Crippen LogP contribution in [0.3, 0.4) is 0 Å². The van der Waals surface area contributed by atoms with Crippen molar-refractivity contribution in [2.45, 2.75) is 19.5 Å². The number of anilines is 1. The average molecular weight is 443 g/mol. The van der Waals surface area contributed by atoms with Crippen LogP contribution in [0.1, 0.15) is 24.5 Å². The van der Waals surface area contributed by atoms with Crippen LogP contribution >= 0.6 is 23.2 Å². The number of hydrogen-bond acceptors (Lipinski definition) is 3. The fraction of sp³-hybridized carbons (Fsp3) is 0.200. The lowest BCUT2D eigenvalue weighted by molar-refractivity contribution is -0.137. The highest BCUT2D eigenvalue weighted by Gasteiger charge is 2.30. The molecular formula is C20H15Cl2F3N2O2. The molecule has 4 nitrogen and oxygen atoms in total. The largest absolute Gasteiger partial charge is 0.490 e. The number of ether oxygens (including phenoxy) is 1. The maximum atomic E-state index is 12.8. The van der Waals surface area contributed by atoms with Gasteiger partial charge in [-0.15, -0.1) is 0 Å². The summed E-state index contributed by atoms with van der Waals surface area (Å²) in [6.07, 6.45) is -2.57. The SMILES string of the molecule is CCCOc1c(Cl)cc(/C=C(\C#N)C(=O)Nc2cccc(C(F)(F)F)c2)cc1Cl. The molecule has 1 N–H and O–H groups in total. The number of benzene rings is 2. The molecule has 0 spiro atoms. The Balaban J connectivity index is 2.26. The number of amides is 1. The number of carbonyl (C=O) groups excluding carboxylic acids is 1. The summed E-state index contributed by atoms with van der Waals surface area (Å²) in [5.74, 6) is -0.579. The molecule has 0 aliphatic heterocycles. The van der Waals surface area contributed by atoms with Crippen LogP contribution < -0.4 is 10.1 Å². The predicted octanol–water partition coefficient (Wildman–Crippen LogP) is 6.35. The molecule has 0 aliphatic carbocycles. The molecule has 0 aromatic heterocycles. The lowest BCUT2D eigenvalue weighted by Gasteiger charge is -2.11. The van der Waals surface area contributed by atoms with Gasteiger partial charge in [-0.05, 0) is 48.4 Å². The minimum Gasteiger partial charge on any atom is -0.490 e. The number of halogens is 5. The standard InChI is InChI=1S/C20H15Cl2F3N2O2/c1-2-6-29-18-16(21)8-12(9-17(18)22)7-13(11-26)19(28)27-15-5-3-4-14(10-15)20(23,24)25/h3-5,7-10H,2,6H2,1H3,(H,27,28)/b13-7+. The smallest absolute Gasteiger partial charge is 0.416 e. The Hall–Kier alpha value is -2.69. The van der Waals surface area contributed by atoms with Gasteiger partial charge in [-0.25, -0.2) is 0 Å². The Bertz CT molecular complexity index is 959. The van der Waals surface area contributed by atoms with E-state index in [4.69, 9.17) is 27.9 Å². The van der Waals surface area contributed by atoms with E-state index in [1.807, 2.05) is 6.92 Å². The zero-order valence-electron chi connectivity index (χ0n) is 15.1. The highest BCUT2D eigenvalue weighted by atomic mass is 35.5. The van der Waals surface area contributed by atoms with Gasteiger partial charge >= 0.3 is 6.18 Å². The zero-order chi connectivity index (χ0) is 21.6. The summed E-state index contributed by atoms with van der Waals surface area (Å²) < 4.78 is 43.8. The lowest BCUT2D eigenvalue weighted by Crippen LogP contribution is -2.14. The molecule has 0 saturated heterocycles. The number of nitriles is 1. The van der Waals surface area contributed by atoms with Gasteiger partial charge in [0.2, 0.25) is 0 Å². The summed E-state index contributed by atoms with van der Waals surface area (Å²) in [6, 6.07) is 8.74. The van der Waals surface area contributed by atoms with Gasteiger partial charge in [0.05, 0.1) is 22.2 Å². The number of nitrogens with zero attached hydrogens (tertiary/aromatic N) is 1. The van der Waals surface area contributed by atoms with Gasteiger partial charge < -0.3 is 10.1 Å². The number of rotatable bonds is 6. The van der Waals surface area contributed by atoms with E-state index in [1.165, 1.54) is 24.3 Å². The van der Waals surface area contributed by atoms with Gasteiger partial charge in [0.1, 0.15) is 11.6 Å². The van der Waals surface area contributed by atoms with Crippen LogP contribution in [0.15, 0.2) is 42.0 Å². The first kappa shape index (κ1) is 22.6. The first-order valence-corrected chi connectivity index (χ1v) is 9.13. The summed E-state index contributed by atoms with van der Waals surface area (Å²) in [4.78, 5) is 12.3. The van der Waals surface area contributed by atoms with Gasteiger partial charge in [-0.3, -0.25) is 4.79 Å². The van der Waals surface area contributed by atoms with Gasteiger partial charge in [0.25, 0.3) is 5.91 Å². The third-order valence-corrected chi connectivity index (χ3v) is 4.16. The van der Waals surface area contributed by atoms with Crippen molar-refractivity contribution >= 4 is 40.9 Å². The highest BCUT2D eigenvalue weighted by molar-refractivity contribution is 6.37. The predicted molar refractivity (Wildman–Crippen MR) is 106 cm³/mol. The van der Waals surface area contributed by atoms with Crippen LogP contribution in [-0.2, 0) is 11.0 Å². The third kappa shape index (κ3) is 6.14. The maximum Gasteiger partial charge on any atom is 0.416 e. The average Bonchev–Trinajstić information content (AvgIpc) is 2.65. The molecule has 1 amide bonds. The zero-order valence-corrected chi connectivity index (χ0v) is 16.6. The fourth-order valence-corrected chi connectivity index (χ4v) is 2.90. The van der Waals surface area contributed by atoms with E-state index in [0.717, 1.165) is 24.6 Å². The van der Waals surface area contributed by atoms with Gasteiger partial charge in [0.15, 0.2) is 5.75 Å². The monoisotopic (exact) mass is 442 g/mol. The van der Waals surface area contributed by atoms with Gasteiger partial charge in [-0.1, -0.05) is 36.2 Å². The van der Waals surface area contributed by atoms with Crippen molar-refractivity contribution in [3.8, 4) is 11.8 Å². The summed E-state index contributed by atoms with van der Waals surface area (Å²) in [5.41, 5.74) is -0.985. The van der Waals surface area contributed by atoms with Crippen LogP contribution in [0.4, 0.5) is 18.9 Å². The quantitative estimate of drug-likeness (QED) is 0.418. The minimum absolute atomic E-state index is 0.0923. The minimum atomic E-state index is -4.55. The van der Waals surface area contributed by atoms with Crippen molar-refractivity contribution in [2.75, 3.05) is 11.9 Å². The Labute approximate surface area is 175 Å². The molecule has 0 fully saturated rings. The van der Waals surface area contributed by atoms with Gasteiger partial charge in [-0.2, -0.15) is 18.4 Å². The molecular weight excluding hydrogens is 428 g/mol. The first-order chi connectivity index (χ1) is 13.7. The van der Waals surface area contributed by atoms with Crippen molar-refractivity contribution in [3.05, 3.63) is 63.1 Å². The van der Waals surface area contributed by atoms with Crippen molar-refractivity contribution in [1.29, 1.82) is 5.26 Å². The molecule has 9 heteroatoms. The summed E-state index contributed by atoms with van der Waals surface area (Å²) in [5, 5.41) is 12.0. The first-order valence-electron chi connectivity index (χ1n) is 8.38. The van der Waals surface area contributed by atoms with E-state index in [1.54, 1.807) is 6.07 Å². The molecule has 2 aromatic rings. The number of carbonyl (C=O) groups is 1. The van der Waals surface area contributed by atoms with Crippen LogP contribution in [-0.4, -0.2) is 12.5 Å². The Morgan fingerprint density at radius 2 is 1.90 bits per heavy atom. The molecule has 0 saturated carbocycles. The molecule has 2 rings (SSSR count). The normalized spacial score (nSPS) is 11.7. The molecule has 2 aromatic carbocycles. The van der Waals surface area contributed by atoms with Crippen molar-refractivity contribution in [2.24, 2.45) is 0 Å². The van der Waals surface area contributed by atoms with E-state index in [2.05, 4.69) is 5.32 Å². The number of alkyl halides is 3. The van der Waals surface area contributed by atoms with Gasteiger partial charge in [0, 0.05) is 5.69 Å². The Morgan fingerprint density at radius 1 is 1.24 bits per heavy atom. The lowest BCUT2D eigenvalue weighted by atomic mass is 10.1. The van der Waals surface area contributed by atoms with Crippen LogP contribution in [0.2, 0.25) is 10.0 Å². The van der Waals surface area contributed by atoms with Crippen LogP contribution in [0.25, 0.3) is 6.08 Å². The molecule has 0 unspecified atom stereocenters. The third-order valence-electron chi connectivity index (χ3n) is 3.59. The summed E-state index contributed by atoms with van der Waals surface area (Å²) in [6.45, 7) is 2.33. The second kappa shape index (κ2) is 9.68. The highest BCUT2D eigenvalue weighted by Crippen LogP contribution is 2.35. The molecule has 0 atom stereocenters. The Morgan fingerprint density at radius 3 is 2.45 bits per heavy atom. The van der Waals surface area contributed by atoms with Crippen molar-refractivity contribution in [3.63, 3.8) is 0 Å². The Kier molecular flexibility index (Phi) is 7.54. The fourth-order valence-electron chi connectivity index (χ4n) is 2.29. The number of hydrogen-bond donors (Lipinski definition) is 1. The van der Waals surface area contributed by atoms with E-state index in [-0.39, 0.29) is 21.3 Å². The number of nitrogens with one attached hydrogen (secondary N) is 1. The molecule has 29 heavy (non-hydrogen) atoms. The molecule has 0 radical (unpaired) electrons. The maximum absolute atomic E-state index is 12.8. The molecule has 0 heterocycles. The van der Waals surface area contributed by atoms with E-state index < -0.39 is 17.6 Å². The van der Waals surface area contributed by atoms with Crippen molar-refractivity contribution in [1.82, 2.24) is 0 Å². The second-order valence-electron chi connectivity index (χ2n) is 5.86. The summed E-state index contributed by atoms with van der Waals surface area (Å²) in [7, 11) is 0. The van der Waals surface area contributed by atoms with Crippen molar-refractivity contribution < 1.29 is 22.7 Å². The van der Waals surface area contributed by atoms with E-state index in [0.29, 0.717) is 17.9 Å². The van der Waals surface area contributed by atoms with E-state index in [9.17, 15) is 23.2 Å². The summed E-state index contributed by atoms with van der Waals surface area (Å²) >= 11 is 12.3.